The molecule has 2 rings (SSSR count). The number of pyridine rings is 1. The first-order valence-corrected chi connectivity index (χ1v) is 5.36. The topological polar surface area (TPSA) is 45.9 Å². The maximum absolute atomic E-state index is 8.75. The second-order valence-electron chi connectivity index (χ2n) is 3.67. The number of nitriles is 1. The monoisotopic (exact) mass is 222 g/mol. The van der Waals surface area contributed by atoms with Crippen LogP contribution < -0.4 is 4.74 Å². The first kappa shape index (κ1) is 10.3. The number of hydrogen-bond acceptors (Lipinski definition) is 3. The zero-order valence-electron chi connectivity index (χ0n) is 8.24. The summed E-state index contributed by atoms with van der Waals surface area (Å²) in [7, 11) is 0. The summed E-state index contributed by atoms with van der Waals surface area (Å²) >= 11 is 5.93. The Bertz CT molecular complexity index is 396. The average Bonchev–Trinajstić information content (AvgIpc) is 3.04. The maximum atomic E-state index is 8.75. The quantitative estimate of drug-likeness (QED) is 0.787. The molecule has 1 aromatic heterocycles. The van der Waals surface area contributed by atoms with E-state index in [9.17, 15) is 0 Å². The molecule has 0 saturated heterocycles. The van der Waals surface area contributed by atoms with Crippen LogP contribution in [0.4, 0.5) is 0 Å². The normalized spacial score (nSPS) is 14.7. The van der Waals surface area contributed by atoms with E-state index in [1.807, 2.05) is 6.07 Å². The molecule has 0 radical (unpaired) electrons. The van der Waals surface area contributed by atoms with Crippen molar-refractivity contribution in [2.45, 2.75) is 19.3 Å². The van der Waals surface area contributed by atoms with E-state index in [4.69, 9.17) is 21.6 Å². The Labute approximate surface area is 93.6 Å². The molecule has 0 amide bonds. The number of rotatable bonds is 4. The molecule has 1 saturated carbocycles. The van der Waals surface area contributed by atoms with Crippen LogP contribution in [0.1, 0.15) is 24.8 Å². The lowest BCUT2D eigenvalue weighted by Gasteiger charge is -2.06. The van der Waals surface area contributed by atoms with Gasteiger partial charge in [-0.1, -0.05) is 24.4 Å². The van der Waals surface area contributed by atoms with Gasteiger partial charge in [0.05, 0.1) is 12.2 Å². The van der Waals surface area contributed by atoms with Gasteiger partial charge < -0.3 is 4.74 Å². The van der Waals surface area contributed by atoms with Crippen LogP contribution in [0.5, 0.6) is 5.88 Å². The molecule has 0 aliphatic heterocycles. The van der Waals surface area contributed by atoms with Crippen LogP contribution in [0.3, 0.4) is 0 Å². The number of ether oxygens (including phenoxy) is 1. The van der Waals surface area contributed by atoms with E-state index in [1.165, 1.54) is 19.0 Å². The number of aromatic nitrogens is 1. The molecule has 1 heterocycles. The Balaban J connectivity index is 1.97. The van der Waals surface area contributed by atoms with Crippen LogP contribution in [0.2, 0.25) is 5.02 Å². The van der Waals surface area contributed by atoms with Crippen molar-refractivity contribution in [2.75, 3.05) is 6.61 Å². The van der Waals surface area contributed by atoms with Gasteiger partial charge >= 0.3 is 0 Å². The van der Waals surface area contributed by atoms with Crippen molar-refractivity contribution in [1.82, 2.24) is 4.98 Å². The minimum Gasteiger partial charge on any atom is -0.477 e. The van der Waals surface area contributed by atoms with Gasteiger partial charge in [-0.3, -0.25) is 0 Å². The zero-order valence-corrected chi connectivity index (χ0v) is 9.00. The highest BCUT2D eigenvalue weighted by Gasteiger charge is 2.21. The lowest BCUT2D eigenvalue weighted by atomic mass is 10.3. The van der Waals surface area contributed by atoms with E-state index in [-0.39, 0.29) is 0 Å². The van der Waals surface area contributed by atoms with Crippen LogP contribution >= 0.6 is 11.6 Å². The smallest absolute Gasteiger partial charge is 0.233 e. The molecule has 15 heavy (non-hydrogen) atoms. The number of halogens is 1. The third-order valence-corrected chi connectivity index (χ3v) is 2.80. The second-order valence-corrected chi connectivity index (χ2v) is 4.05. The third kappa shape index (κ3) is 2.60. The van der Waals surface area contributed by atoms with Crippen molar-refractivity contribution in [1.29, 1.82) is 5.26 Å². The van der Waals surface area contributed by atoms with Gasteiger partial charge in [-0.2, -0.15) is 5.26 Å². The molecule has 78 valence electrons. The van der Waals surface area contributed by atoms with Gasteiger partial charge in [-0.15, -0.1) is 0 Å². The van der Waals surface area contributed by atoms with Crippen molar-refractivity contribution in [2.24, 2.45) is 5.92 Å². The van der Waals surface area contributed by atoms with Crippen molar-refractivity contribution in [3.05, 3.63) is 22.8 Å². The first-order valence-electron chi connectivity index (χ1n) is 4.98. The number of nitrogens with zero attached hydrogens (tertiary/aromatic N) is 2. The lowest BCUT2D eigenvalue weighted by molar-refractivity contribution is 0.291. The summed E-state index contributed by atoms with van der Waals surface area (Å²) in [5, 5.41) is 9.06. The van der Waals surface area contributed by atoms with E-state index >= 15 is 0 Å². The zero-order chi connectivity index (χ0) is 10.7. The standard InChI is InChI=1S/C11H11ClN2O/c12-10-9(7-13)3-5-14-11(10)15-6-4-8-1-2-8/h3,5,8H,1-2,4,6H2. The summed E-state index contributed by atoms with van der Waals surface area (Å²) in [5.41, 5.74) is 0.410. The fourth-order valence-corrected chi connectivity index (χ4v) is 1.55. The Morgan fingerprint density at radius 1 is 1.60 bits per heavy atom. The van der Waals surface area contributed by atoms with Crippen LogP contribution in [0.25, 0.3) is 0 Å². The SMILES string of the molecule is N#Cc1ccnc(OCCC2CC2)c1Cl. The molecule has 0 spiro atoms. The number of hydrogen-bond donors (Lipinski definition) is 0. The fourth-order valence-electron chi connectivity index (χ4n) is 1.34. The largest absolute Gasteiger partial charge is 0.477 e. The molecular weight excluding hydrogens is 212 g/mol. The van der Waals surface area contributed by atoms with Gasteiger partial charge in [-0.05, 0) is 18.4 Å². The van der Waals surface area contributed by atoms with Crippen LogP contribution in [-0.4, -0.2) is 11.6 Å². The highest BCUT2D eigenvalue weighted by atomic mass is 35.5. The van der Waals surface area contributed by atoms with E-state index in [0.29, 0.717) is 23.1 Å². The molecule has 1 aliphatic rings. The van der Waals surface area contributed by atoms with Gasteiger partial charge in [-0.25, -0.2) is 4.98 Å². The van der Waals surface area contributed by atoms with Crippen molar-refractivity contribution in [3.8, 4) is 11.9 Å². The van der Waals surface area contributed by atoms with E-state index in [1.54, 1.807) is 6.07 Å². The molecule has 0 bridgehead atoms. The average molecular weight is 223 g/mol. The fraction of sp³-hybridized carbons (Fsp3) is 0.455. The van der Waals surface area contributed by atoms with Crippen LogP contribution in [0, 0.1) is 17.2 Å². The summed E-state index contributed by atoms with van der Waals surface area (Å²) in [6.07, 6.45) is 5.21. The minimum absolute atomic E-state index is 0.316. The van der Waals surface area contributed by atoms with Gasteiger partial charge in [0.1, 0.15) is 11.1 Å². The molecule has 4 heteroatoms. The Morgan fingerprint density at radius 2 is 2.40 bits per heavy atom. The molecule has 1 aliphatic carbocycles. The molecule has 0 N–H and O–H groups in total. The van der Waals surface area contributed by atoms with Gasteiger partial charge in [0.15, 0.2) is 0 Å². The van der Waals surface area contributed by atoms with Gasteiger partial charge in [0, 0.05) is 6.20 Å². The minimum atomic E-state index is 0.316. The maximum Gasteiger partial charge on any atom is 0.233 e. The molecule has 3 nitrogen and oxygen atoms in total. The summed E-state index contributed by atoms with van der Waals surface area (Å²) < 4.78 is 5.44. The highest BCUT2D eigenvalue weighted by molar-refractivity contribution is 6.32. The van der Waals surface area contributed by atoms with E-state index in [0.717, 1.165) is 12.3 Å². The second kappa shape index (κ2) is 4.50. The van der Waals surface area contributed by atoms with Crippen molar-refractivity contribution >= 4 is 11.6 Å². The highest BCUT2D eigenvalue weighted by Crippen LogP contribution is 2.32. The van der Waals surface area contributed by atoms with Crippen LogP contribution in [0.15, 0.2) is 12.3 Å². The summed E-state index contributed by atoms with van der Waals surface area (Å²) in [5.74, 6) is 1.19. The molecule has 1 fully saturated rings. The van der Waals surface area contributed by atoms with E-state index < -0.39 is 0 Å². The molecule has 0 aromatic carbocycles. The predicted molar refractivity (Wildman–Crippen MR) is 56.8 cm³/mol. The molecule has 0 atom stereocenters. The predicted octanol–water partition coefficient (Wildman–Crippen LogP) is 2.79. The first-order chi connectivity index (χ1) is 7.31. The molecular formula is C11H11ClN2O. The van der Waals surface area contributed by atoms with Crippen molar-refractivity contribution in [3.63, 3.8) is 0 Å². The Kier molecular flexibility index (Phi) is 3.08. The summed E-state index contributed by atoms with van der Waals surface area (Å²) in [6.45, 7) is 0.631. The lowest BCUT2D eigenvalue weighted by Crippen LogP contribution is -2.01. The third-order valence-electron chi connectivity index (χ3n) is 2.44. The molecule has 0 unspecified atom stereocenters. The summed E-state index contributed by atoms with van der Waals surface area (Å²) in [4.78, 5) is 4.00. The Morgan fingerprint density at radius 3 is 3.07 bits per heavy atom. The van der Waals surface area contributed by atoms with Crippen LogP contribution in [-0.2, 0) is 0 Å². The Hall–Kier alpha value is -1.27. The molecule has 1 aromatic rings. The summed E-state index contributed by atoms with van der Waals surface area (Å²) in [6, 6.07) is 3.57. The van der Waals surface area contributed by atoms with Gasteiger partial charge in [0.25, 0.3) is 0 Å². The van der Waals surface area contributed by atoms with E-state index in [2.05, 4.69) is 4.98 Å². The van der Waals surface area contributed by atoms with Gasteiger partial charge in [0.2, 0.25) is 5.88 Å². The van der Waals surface area contributed by atoms with Crippen molar-refractivity contribution < 1.29 is 4.74 Å².